The normalized spacial score (nSPS) is 30.8. The maximum atomic E-state index is 12.9. The van der Waals surface area contributed by atoms with Crippen molar-refractivity contribution in [1.82, 2.24) is 9.47 Å². The van der Waals surface area contributed by atoms with Crippen molar-refractivity contribution in [2.45, 2.75) is 51.1 Å². The van der Waals surface area contributed by atoms with Crippen molar-refractivity contribution in [1.29, 1.82) is 0 Å². The molecule has 4 bridgehead atoms. The van der Waals surface area contributed by atoms with Gasteiger partial charge in [0.05, 0.1) is 5.52 Å². The first-order valence-corrected chi connectivity index (χ1v) is 9.55. The van der Waals surface area contributed by atoms with Gasteiger partial charge in [-0.25, -0.2) is 4.79 Å². The minimum atomic E-state index is -0.371. The van der Waals surface area contributed by atoms with E-state index in [2.05, 4.69) is 4.90 Å². The number of benzene rings is 1. The number of rotatable bonds is 3. The quantitative estimate of drug-likeness (QED) is 0.863. The fourth-order valence-corrected chi connectivity index (χ4v) is 5.67. The number of nitrogens with zero attached hydrogens (tertiary/aromatic N) is 2. The number of fused-ring (bicyclic) bond motifs is 2. The zero-order chi connectivity index (χ0) is 17.0. The molecule has 2 aliphatic carbocycles. The highest BCUT2D eigenvalue weighted by Gasteiger charge is 2.43. The summed E-state index contributed by atoms with van der Waals surface area (Å²) in [4.78, 5) is 27.2. The van der Waals surface area contributed by atoms with Crippen molar-refractivity contribution in [2.75, 3.05) is 6.54 Å². The molecule has 5 nitrogen and oxygen atoms in total. The Morgan fingerprint density at radius 3 is 2.56 bits per heavy atom. The van der Waals surface area contributed by atoms with Gasteiger partial charge in [-0.1, -0.05) is 12.1 Å². The van der Waals surface area contributed by atoms with Crippen LogP contribution in [0.15, 0.2) is 33.5 Å². The molecule has 4 atom stereocenters. The molecule has 1 amide bonds. The van der Waals surface area contributed by atoms with Gasteiger partial charge in [0.25, 0.3) is 0 Å². The topological polar surface area (TPSA) is 55.5 Å². The Hall–Kier alpha value is -2.04. The molecule has 132 valence electrons. The Balaban J connectivity index is 1.33. The number of hydrogen-bond acceptors (Lipinski definition) is 3. The molecular weight excluding hydrogens is 316 g/mol. The van der Waals surface area contributed by atoms with Crippen LogP contribution in [-0.4, -0.2) is 28.0 Å². The van der Waals surface area contributed by atoms with Crippen LogP contribution >= 0.6 is 0 Å². The first kappa shape index (κ1) is 15.2. The van der Waals surface area contributed by atoms with Crippen LogP contribution in [0.1, 0.15) is 38.5 Å². The highest BCUT2D eigenvalue weighted by molar-refractivity contribution is 5.77. The summed E-state index contributed by atoms with van der Waals surface area (Å²) in [6.45, 7) is 1.33. The molecule has 2 saturated carbocycles. The van der Waals surface area contributed by atoms with E-state index in [4.69, 9.17) is 4.42 Å². The van der Waals surface area contributed by atoms with Gasteiger partial charge in [0.2, 0.25) is 5.91 Å². The second kappa shape index (κ2) is 5.75. The number of para-hydroxylation sites is 2. The van der Waals surface area contributed by atoms with Crippen LogP contribution in [0, 0.1) is 17.8 Å². The predicted molar refractivity (Wildman–Crippen MR) is 94.1 cm³/mol. The van der Waals surface area contributed by atoms with Gasteiger partial charge in [0.15, 0.2) is 5.58 Å². The predicted octanol–water partition coefficient (Wildman–Crippen LogP) is 3.02. The molecule has 4 aliphatic rings. The Morgan fingerprint density at radius 1 is 1.04 bits per heavy atom. The van der Waals surface area contributed by atoms with Crippen LogP contribution < -0.4 is 5.76 Å². The van der Waals surface area contributed by atoms with Crippen LogP contribution in [0.5, 0.6) is 0 Å². The third-order valence-corrected chi connectivity index (χ3v) is 6.55. The van der Waals surface area contributed by atoms with Gasteiger partial charge in [0.1, 0.15) is 0 Å². The molecule has 0 radical (unpaired) electrons. The summed E-state index contributed by atoms with van der Waals surface area (Å²) in [7, 11) is 0. The lowest BCUT2D eigenvalue weighted by Crippen LogP contribution is -2.42. The van der Waals surface area contributed by atoms with Crippen LogP contribution in [0.4, 0.5) is 0 Å². The first-order valence-electron chi connectivity index (χ1n) is 9.55. The van der Waals surface area contributed by atoms with E-state index in [0.29, 0.717) is 30.5 Å². The molecule has 0 N–H and O–H groups in total. The van der Waals surface area contributed by atoms with Gasteiger partial charge in [-0.15, -0.1) is 0 Å². The summed E-state index contributed by atoms with van der Waals surface area (Å²) >= 11 is 0. The number of hydrogen-bond donors (Lipinski definition) is 0. The Bertz CT molecular complexity index is 853. The van der Waals surface area contributed by atoms with Gasteiger partial charge in [-0.3, -0.25) is 9.36 Å². The molecule has 2 unspecified atom stereocenters. The third-order valence-electron chi connectivity index (χ3n) is 6.55. The summed E-state index contributed by atoms with van der Waals surface area (Å²) in [5.41, 5.74) is 1.36. The van der Waals surface area contributed by atoms with Gasteiger partial charge >= 0.3 is 5.76 Å². The Morgan fingerprint density at radius 2 is 1.76 bits per heavy atom. The van der Waals surface area contributed by atoms with Crippen LogP contribution in [0.3, 0.4) is 0 Å². The Kier molecular flexibility index (Phi) is 3.50. The van der Waals surface area contributed by atoms with Gasteiger partial charge < -0.3 is 9.32 Å². The number of aromatic nitrogens is 1. The van der Waals surface area contributed by atoms with Gasteiger partial charge in [-0.2, -0.15) is 0 Å². The molecular formula is C20H24N2O3. The summed E-state index contributed by atoms with van der Waals surface area (Å²) in [6, 6.07) is 7.83. The molecule has 1 aromatic heterocycles. The van der Waals surface area contributed by atoms with Crippen molar-refractivity contribution < 1.29 is 9.21 Å². The monoisotopic (exact) mass is 340 g/mol. The fourth-order valence-electron chi connectivity index (χ4n) is 5.67. The molecule has 2 aliphatic heterocycles. The minimum absolute atomic E-state index is 0.204. The molecule has 2 saturated heterocycles. The minimum Gasteiger partial charge on any atom is -0.408 e. The van der Waals surface area contributed by atoms with Crippen molar-refractivity contribution in [3.8, 4) is 0 Å². The van der Waals surface area contributed by atoms with E-state index in [0.717, 1.165) is 23.9 Å². The second-order valence-corrected chi connectivity index (χ2v) is 8.21. The van der Waals surface area contributed by atoms with Crippen molar-refractivity contribution >= 4 is 17.0 Å². The van der Waals surface area contributed by atoms with E-state index in [9.17, 15) is 9.59 Å². The highest BCUT2D eigenvalue weighted by atomic mass is 16.4. The fraction of sp³-hybridized carbons (Fsp3) is 0.600. The summed E-state index contributed by atoms with van der Waals surface area (Å²) in [5, 5.41) is 0. The van der Waals surface area contributed by atoms with Crippen LogP contribution in [0.2, 0.25) is 0 Å². The van der Waals surface area contributed by atoms with E-state index in [1.54, 1.807) is 10.6 Å². The molecule has 2 aromatic rings. The summed E-state index contributed by atoms with van der Waals surface area (Å²) < 4.78 is 6.86. The molecule has 4 fully saturated rings. The average Bonchev–Trinajstić information content (AvgIpc) is 2.78. The maximum absolute atomic E-state index is 12.9. The van der Waals surface area contributed by atoms with Crippen molar-refractivity contribution in [3.63, 3.8) is 0 Å². The highest BCUT2D eigenvalue weighted by Crippen LogP contribution is 2.47. The standard InChI is InChI=1S/C20H24N2O3/c23-19(5-6-21-17-3-1-2-4-18(17)25-20(21)24)22-12-15-8-13-7-14(9-15)11-16(22)10-13/h1-4,13-16H,5-12H2/t13-,14+,15?,16?. The first-order chi connectivity index (χ1) is 12.2. The Labute approximate surface area is 146 Å². The van der Waals surface area contributed by atoms with E-state index in [-0.39, 0.29) is 11.7 Å². The number of carbonyl (C=O) groups excluding carboxylic acids is 1. The number of amides is 1. The number of oxazole rings is 1. The maximum Gasteiger partial charge on any atom is 0.419 e. The average molecular weight is 340 g/mol. The summed E-state index contributed by atoms with van der Waals surface area (Å²) in [6.07, 6.45) is 6.75. The van der Waals surface area contributed by atoms with Crippen LogP contribution in [-0.2, 0) is 11.3 Å². The largest absolute Gasteiger partial charge is 0.419 e. The zero-order valence-corrected chi connectivity index (χ0v) is 14.4. The molecule has 5 heteroatoms. The lowest BCUT2D eigenvalue weighted by molar-refractivity contribution is -0.134. The number of aryl methyl sites for hydroxylation is 1. The van der Waals surface area contributed by atoms with E-state index < -0.39 is 0 Å². The lowest BCUT2D eigenvalue weighted by atomic mass is 9.68. The summed E-state index contributed by atoms with van der Waals surface area (Å²) in [5.74, 6) is 2.19. The third kappa shape index (κ3) is 2.60. The molecule has 3 heterocycles. The van der Waals surface area contributed by atoms with E-state index in [1.807, 2.05) is 18.2 Å². The molecule has 25 heavy (non-hydrogen) atoms. The number of carbonyl (C=O) groups is 1. The zero-order valence-electron chi connectivity index (χ0n) is 14.4. The molecule has 0 spiro atoms. The van der Waals surface area contributed by atoms with Gasteiger partial charge in [-0.05, 0) is 62.0 Å². The molecule has 1 aromatic carbocycles. The van der Waals surface area contributed by atoms with Crippen LogP contribution in [0.25, 0.3) is 11.1 Å². The van der Waals surface area contributed by atoms with Crippen molar-refractivity contribution in [3.05, 3.63) is 34.8 Å². The lowest BCUT2D eigenvalue weighted by Gasteiger charge is -2.39. The van der Waals surface area contributed by atoms with Gasteiger partial charge in [0, 0.05) is 25.6 Å². The van der Waals surface area contributed by atoms with Crippen molar-refractivity contribution in [2.24, 2.45) is 17.8 Å². The SMILES string of the molecule is O=C(CCn1c(=O)oc2ccccc21)N1CC2C[C@@H]3CC1C[C@H](C2)C3. The van der Waals surface area contributed by atoms with E-state index >= 15 is 0 Å². The van der Waals surface area contributed by atoms with E-state index in [1.165, 1.54) is 32.1 Å². The smallest absolute Gasteiger partial charge is 0.408 e. The second-order valence-electron chi connectivity index (χ2n) is 8.21. The molecule has 6 rings (SSSR count).